The lowest BCUT2D eigenvalue weighted by Crippen LogP contribution is -2.31. The van der Waals surface area contributed by atoms with E-state index in [0.717, 1.165) is 16.9 Å². The summed E-state index contributed by atoms with van der Waals surface area (Å²) in [7, 11) is 0. The summed E-state index contributed by atoms with van der Waals surface area (Å²) in [5.41, 5.74) is 1.97. The quantitative estimate of drug-likeness (QED) is 0.766. The van der Waals surface area contributed by atoms with Gasteiger partial charge >= 0.3 is 0 Å². The molecule has 0 spiro atoms. The first-order chi connectivity index (χ1) is 12.0. The third-order valence-electron chi connectivity index (χ3n) is 4.00. The third-order valence-corrected chi connectivity index (χ3v) is 4.00. The molecule has 1 atom stereocenters. The molecule has 0 fully saturated rings. The van der Waals surface area contributed by atoms with E-state index in [1.54, 1.807) is 29.1 Å². The van der Waals surface area contributed by atoms with Gasteiger partial charge in [0.15, 0.2) is 0 Å². The first-order valence-electron chi connectivity index (χ1n) is 7.76. The van der Waals surface area contributed by atoms with Crippen LogP contribution in [0.1, 0.15) is 34.6 Å². The number of hydrogen-bond acceptors (Lipinski definition) is 3. The van der Waals surface area contributed by atoms with Gasteiger partial charge in [-0.15, -0.1) is 0 Å². The Morgan fingerprint density at radius 3 is 2.68 bits per heavy atom. The van der Waals surface area contributed by atoms with Crippen LogP contribution in [0.3, 0.4) is 0 Å². The van der Waals surface area contributed by atoms with Gasteiger partial charge in [0.2, 0.25) is 0 Å². The van der Waals surface area contributed by atoms with Crippen LogP contribution in [-0.4, -0.2) is 20.7 Å². The normalized spacial score (nSPS) is 12.0. The molecule has 0 aliphatic heterocycles. The third kappa shape index (κ3) is 3.35. The number of carbonyl (C=O) groups excluding carboxylic acids is 1. The summed E-state index contributed by atoms with van der Waals surface area (Å²) in [6.45, 7) is 3.68. The van der Waals surface area contributed by atoms with Gasteiger partial charge in [-0.2, -0.15) is 5.10 Å². The Labute approximate surface area is 143 Å². The molecule has 2 aromatic heterocycles. The van der Waals surface area contributed by atoms with Crippen molar-refractivity contribution < 1.29 is 9.18 Å². The van der Waals surface area contributed by atoms with Gasteiger partial charge < -0.3 is 10.3 Å². The van der Waals surface area contributed by atoms with Crippen LogP contribution in [0.25, 0.3) is 5.69 Å². The van der Waals surface area contributed by atoms with Crippen LogP contribution in [0.4, 0.5) is 4.39 Å². The summed E-state index contributed by atoms with van der Waals surface area (Å²) in [6.07, 6.45) is 3.12. The maximum atomic E-state index is 13.1. The fourth-order valence-corrected chi connectivity index (χ4v) is 2.64. The number of nitrogens with one attached hydrogen (secondary N) is 2. The molecule has 3 rings (SSSR count). The lowest BCUT2D eigenvalue weighted by Gasteiger charge is -2.14. The fraction of sp³-hybridized carbons (Fsp3) is 0.167. The Balaban J connectivity index is 1.83. The Morgan fingerprint density at radius 1 is 1.28 bits per heavy atom. The molecule has 0 aliphatic rings. The maximum absolute atomic E-state index is 13.1. The topological polar surface area (TPSA) is 79.8 Å². The molecule has 0 radical (unpaired) electrons. The molecule has 0 aliphatic carbocycles. The minimum absolute atomic E-state index is 0.0536. The summed E-state index contributed by atoms with van der Waals surface area (Å²) in [5.74, 6) is -0.772. The Bertz CT molecular complexity index is 960. The van der Waals surface area contributed by atoms with Crippen LogP contribution in [0.15, 0.2) is 53.6 Å². The molecular weight excluding hydrogens is 323 g/mol. The first kappa shape index (κ1) is 16.6. The number of aromatic nitrogens is 3. The van der Waals surface area contributed by atoms with Crippen molar-refractivity contribution in [3.63, 3.8) is 0 Å². The highest BCUT2D eigenvalue weighted by Crippen LogP contribution is 2.20. The number of H-pyrrole nitrogens is 1. The molecule has 6 nitrogen and oxygen atoms in total. The Morgan fingerprint density at radius 2 is 2.00 bits per heavy atom. The number of hydrogen-bond donors (Lipinski definition) is 2. The number of benzene rings is 1. The second kappa shape index (κ2) is 6.72. The zero-order valence-electron chi connectivity index (χ0n) is 13.8. The van der Waals surface area contributed by atoms with Crippen LogP contribution in [-0.2, 0) is 0 Å². The van der Waals surface area contributed by atoms with Gasteiger partial charge in [0.25, 0.3) is 11.5 Å². The zero-order chi connectivity index (χ0) is 18.0. The average Bonchev–Trinajstić information content (AvgIpc) is 2.97. The van der Waals surface area contributed by atoms with E-state index >= 15 is 0 Å². The predicted octanol–water partition coefficient (Wildman–Crippen LogP) is 2.50. The van der Waals surface area contributed by atoms with E-state index in [9.17, 15) is 14.0 Å². The van der Waals surface area contributed by atoms with Gasteiger partial charge in [0.05, 0.1) is 17.9 Å². The minimum atomic E-state index is -0.455. The largest absolute Gasteiger partial charge is 0.345 e. The van der Waals surface area contributed by atoms with Crippen LogP contribution in [0.5, 0.6) is 0 Å². The average molecular weight is 340 g/mol. The fourth-order valence-electron chi connectivity index (χ4n) is 2.64. The summed E-state index contributed by atoms with van der Waals surface area (Å²) in [6, 6.07) is 8.71. The Hall–Kier alpha value is -3.22. The lowest BCUT2D eigenvalue weighted by atomic mass is 10.1. The maximum Gasteiger partial charge on any atom is 0.260 e. The molecule has 0 saturated heterocycles. The summed E-state index contributed by atoms with van der Waals surface area (Å²) < 4.78 is 14.7. The molecule has 1 amide bonds. The van der Waals surface area contributed by atoms with E-state index in [-0.39, 0.29) is 17.4 Å². The predicted molar refractivity (Wildman–Crippen MR) is 91.2 cm³/mol. The molecule has 1 aromatic carbocycles. The smallest absolute Gasteiger partial charge is 0.260 e. The van der Waals surface area contributed by atoms with Crippen molar-refractivity contribution >= 4 is 5.91 Å². The van der Waals surface area contributed by atoms with Gasteiger partial charge in [0.1, 0.15) is 11.4 Å². The van der Waals surface area contributed by atoms with E-state index in [1.165, 1.54) is 24.4 Å². The summed E-state index contributed by atoms with van der Waals surface area (Å²) in [5, 5.41) is 7.11. The van der Waals surface area contributed by atoms with Gasteiger partial charge in [-0.05, 0) is 50.2 Å². The van der Waals surface area contributed by atoms with Crippen molar-refractivity contribution in [2.75, 3.05) is 0 Å². The van der Waals surface area contributed by atoms with E-state index in [4.69, 9.17) is 0 Å². The molecule has 0 unspecified atom stereocenters. The molecule has 128 valence electrons. The molecule has 7 heteroatoms. The minimum Gasteiger partial charge on any atom is -0.345 e. The lowest BCUT2D eigenvalue weighted by molar-refractivity contribution is 0.0938. The van der Waals surface area contributed by atoms with Gasteiger partial charge in [-0.25, -0.2) is 9.07 Å². The summed E-state index contributed by atoms with van der Waals surface area (Å²) in [4.78, 5) is 26.4. The standard InChI is InChI=1S/C18H17FN4O2/c1-11(22-18(25)15-4-3-9-20-17(15)24)16-10-21-23(12(16)2)14-7-5-13(19)6-8-14/h3-11H,1-2H3,(H,20,24)(H,22,25)/t11-/m0/s1. The van der Waals surface area contributed by atoms with E-state index in [0.29, 0.717) is 0 Å². The van der Waals surface area contributed by atoms with Gasteiger partial charge in [0, 0.05) is 17.5 Å². The van der Waals surface area contributed by atoms with Crippen molar-refractivity contribution in [2.45, 2.75) is 19.9 Å². The number of halogens is 1. The second-order valence-corrected chi connectivity index (χ2v) is 5.68. The van der Waals surface area contributed by atoms with Gasteiger partial charge in [-0.3, -0.25) is 9.59 Å². The zero-order valence-corrected chi connectivity index (χ0v) is 13.8. The van der Waals surface area contributed by atoms with E-state index in [2.05, 4.69) is 15.4 Å². The van der Waals surface area contributed by atoms with Crippen molar-refractivity contribution in [1.29, 1.82) is 0 Å². The molecule has 3 aromatic rings. The van der Waals surface area contributed by atoms with Crippen molar-refractivity contribution in [3.8, 4) is 5.69 Å². The molecular formula is C18H17FN4O2. The monoisotopic (exact) mass is 340 g/mol. The SMILES string of the molecule is Cc1c([C@H](C)NC(=O)c2ccc[nH]c2=O)cnn1-c1ccc(F)cc1. The highest BCUT2D eigenvalue weighted by Gasteiger charge is 2.18. The molecule has 2 N–H and O–H groups in total. The first-order valence-corrected chi connectivity index (χ1v) is 7.76. The second-order valence-electron chi connectivity index (χ2n) is 5.68. The highest BCUT2D eigenvalue weighted by molar-refractivity contribution is 5.94. The van der Waals surface area contributed by atoms with Crippen LogP contribution in [0.2, 0.25) is 0 Å². The molecule has 25 heavy (non-hydrogen) atoms. The van der Waals surface area contributed by atoms with Crippen LogP contribution < -0.4 is 10.9 Å². The number of aromatic amines is 1. The molecule has 2 heterocycles. The highest BCUT2D eigenvalue weighted by atomic mass is 19.1. The number of nitrogens with zero attached hydrogens (tertiary/aromatic N) is 2. The summed E-state index contributed by atoms with van der Waals surface area (Å²) >= 11 is 0. The van der Waals surface area contributed by atoms with E-state index < -0.39 is 11.5 Å². The van der Waals surface area contributed by atoms with E-state index in [1.807, 2.05) is 13.8 Å². The van der Waals surface area contributed by atoms with Crippen molar-refractivity contribution in [1.82, 2.24) is 20.1 Å². The Kier molecular flexibility index (Phi) is 4.47. The van der Waals surface area contributed by atoms with Crippen LogP contribution >= 0.6 is 0 Å². The van der Waals surface area contributed by atoms with Crippen LogP contribution in [0, 0.1) is 12.7 Å². The molecule has 0 saturated carbocycles. The van der Waals surface area contributed by atoms with Crippen molar-refractivity contribution in [2.24, 2.45) is 0 Å². The number of pyridine rings is 1. The number of carbonyl (C=O) groups is 1. The number of amides is 1. The number of rotatable bonds is 4. The van der Waals surface area contributed by atoms with Crippen molar-refractivity contribution in [3.05, 3.63) is 81.8 Å². The van der Waals surface area contributed by atoms with Gasteiger partial charge in [-0.1, -0.05) is 0 Å². The molecule has 0 bridgehead atoms.